The van der Waals surface area contributed by atoms with Crippen LogP contribution in [0.1, 0.15) is 11.1 Å². The quantitative estimate of drug-likeness (QED) is 0.392. The lowest BCUT2D eigenvalue weighted by molar-refractivity contribution is 1.08. The van der Waals surface area contributed by atoms with Gasteiger partial charge in [-0.3, -0.25) is 10.2 Å². The van der Waals surface area contributed by atoms with Crippen molar-refractivity contribution in [3.05, 3.63) is 91.0 Å². The first-order valence-corrected chi connectivity index (χ1v) is 10.0. The van der Waals surface area contributed by atoms with Gasteiger partial charge in [-0.1, -0.05) is 67.8 Å². The molecule has 32 heavy (non-hydrogen) atoms. The van der Waals surface area contributed by atoms with E-state index in [-0.39, 0.29) is 0 Å². The Morgan fingerprint density at radius 2 is 1.06 bits per heavy atom. The van der Waals surface area contributed by atoms with E-state index in [0.29, 0.717) is 34.7 Å². The van der Waals surface area contributed by atoms with Crippen LogP contribution in [0.3, 0.4) is 0 Å². The van der Waals surface area contributed by atoms with Crippen LogP contribution in [0.15, 0.2) is 79.9 Å². The van der Waals surface area contributed by atoms with Crippen LogP contribution in [0.4, 0.5) is 0 Å². The zero-order valence-corrected chi connectivity index (χ0v) is 17.2. The molecule has 0 fully saturated rings. The van der Waals surface area contributed by atoms with Crippen molar-refractivity contribution in [2.45, 2.75) is 0 Å². The molecule has 0 bridgehead atoms. The molecule has 0 saturated heterocycles. The minimum Gasteiger partial charge on any atom is -0.257 e. The van der Waals surface area contributed by atoms with Gasteiger partial charge in [-0.25, -0.2) is 15.0 Å². The average Bonchev–Trinajstić information content (AvgIpc) is 3.55. The Hall–Kier alpha value is -4.65. The summed E-state index contributed by atoms with van der Waals surface area (Å²) >= 11 is 0. The summed E-state index contributed by atoms with van der Waals surface area (Å²) in [5, 5.41) is 14.6. The zero-order chi connectivity index (χ0) is 21.9. The summed E-state index contributed by atoms with van der Waals surface area (Å²) in [7, 11) is 0. The number of rotatable bonds is 6. The molecule has 2 N–H and O–H groups in total. The van der Waals surface area contributed by atoms with Crippen LogP contribution < -0.4 is 0 Å². The highest BCUT2D eigenvalue weighted by molar-refractivity contribution is 5.66. The van der Waals surface area contributed by atoms with E-state index in [9.17, 15) is 0 Å². The second-order valence-electron chi connectivity index (χ2n) is 7.08. The lowest BCUT2D eigenvalue weighted by atomic mass is 10.1. The van der Waals surface area contributed by atoms with Gasteiger partial charge in [0.05, 0.1) is 0 Å². The highest BCUT2D eigenvalue weighted by Crippen LogP contribution is 2.24. The molecule has 0 radical (unpaired) electrons. The van der Waals surface area contributed by atoms with Gasteiger partial charge in [-0.15, -0.1) is 0 Å². The van der Waals surface area contributed by atoms with E-state index in [1.165, 1.54) is 0 Å². The van der Waals surface area contributed by atoms with Gasteiger partial charge >= 0.3 is 0 Å². The predicted octanol–water partition coefficient (Wildman–Crippen LogP) is 5.27. The highest BCUT2D eigenvalue weighted by atomic mass is 15.2. The summed E-state index contributed by atoms with van der Waals surface area (Å²) in [6.07, 6.45) is 3.59. The van der Waals surface area contributed by atoms with Gasteiger partial charge in [0, 0.05) is 11.1 Å². The summed E-state index contributed by atoms with van der Waals surface area (Å²) in [6.45, 7) is 7.62. The SMILES string of the molecule is C=Cc1cccc(-c2n[nH]c(-c3cccc(-c4nc(-c5cccc(C=C)c5)n[nH]4)n3)n2)c1. The van der Waals surface area contributed by atoms with E-state index in [0.717, 1.165) is 22.3 Å². The number of aromatic amines is 2. The van der Waals surface area contributed by atoms with Crippen LogP contribution in [-0.4, -0.2) is 35.3 Å². The first-order valence-electron chi connectivity index (χ1n) is 10.0. The van der Waals surface area contributed by atoms with Gasteiger partial charge in [0.1, 0.15) is 11.4 Å². The first-order chi connectivity index (χ1) is 15.7. The molecule has 7 heteroatoms. The molecule has 5 aromatic rings. The van der Waals surface area contributed by atoms with E-state index in [1.807, 2.05) is 66.7 Å². The molecule has 5 rings (SSSR count). The molecule has 0 amide bonds. The molecular formula is C25H19N7. The predicted molar refractivity (Wildman–Crippen MR) is 126 cm³/mol. The smallest absolute Gasteiger partial charge is 0.181 e. The summed E-state index contributed by atoms with van der Waals surface area (Å²) < 4.78 is 0. The Balaban J connectivity index is 1.44. The fourth-order valence-electron chi connectivity index (χ4n) is 3.32. The minimum atomic E-state index is 0.573. The Morgan fingerprint density at radius 1 is 0.594 bits per heavy atom. The standard InChI is InChI=1S/C25H19N7/c1-3-16-8-5-10-18(14-16)22-27-24(31-29-22)20-12-7-13-21(26-20)25-28-23(30-32-25)19-11-6-9-17(4-2)15-19/h3-15H,1-2H2,(H,27,29,31)(H,28,30,32). The van der Waals surface area contributed by atoms with Crippen LogP contribution in [0.2, 0.25) is 0 Å². The lowest BCUT2D eigenvalue weighted by Gasteiger charge is -1.99. The fraction of sp³-hybridized carbons (Fsp3) is 0. The van der Waals surface area contributed by atoms with Crippen LogP contribution in [0.25, 0.3) is 58.0 Å². The number of nitrogens with one attached hydrogen (secondary N) is 2. The van der Waals surface area contributed by atoms with E-state index in [4.69, 9.17) is 4.98 Å². The Bertz CT molecular complexity index is 1320. The summed E-state index contributed by atoms with van der Waals surface area (Å²) in [5.41, 5.74) is 5.15. The fourth-order valence-corrected chi connectivity index (χ4v) is 3.32. The van der Waals surface area contributed by atoms with Crippen molar-refractivity contribution in [2.24, 2.45) is 0 Å². The van der Waals surface area contributed by atoms with E-state index >= 15 is 0 Å². The molecular weight excluding hydrogens is 398 g/mol. The van der Waals surface area contributed by atoms with Crippen molar-refractivity contribution in [1.82, 2.24) is 35.3 Å². The maximum atomic E-state index is 4.69. The number of hydrogen-bond acceptors (Lipinski definition) is 5. The van der Waals surface area contributed by atoms with Gasteiger partial charge in [-0.05, 0) is 35.4 Å². The van der Waals surface area contributed by atoms with E-state index in [2.05, 4.69) is 43.5 Å². The minimum absolute atomic E-state index is 0.573. The van der Waals surface area contributed by atoms with E-state index in [1.54, 1.807) is 12.2 Å². The Morgan fingerprint density at radius 3 is 1.53 bits per heavy atom. The van der Waals surface area contributed by atoms with Crippen molar-refractivity contribution >= 4 is 12.2 Å². The number of H-pyrrole nitrogens is 2. The summed E-state index contributed by atoms with van der Waals surface area (Å²) in [5.74, 6) is 2.34. The molecule has 2 aromatic carbocycles. The first kappa shape index (κ1) is 19.3. The van der Waals surface area contributed by atoms with Gasteiger partial charge in [0.25, 0.3) is 0 Å². The van der Waals surface area contributed by atoms with Crippen molar-refractivity contribution < 1.29 is 0 Å². The summed E-state index contributed by atoms with van der Waals surface area (Å²) in [4.78, 5) is 13.9. The van der Waals surface area contributed by atoms with Crippen molar-refractivity contribution in [3.63, 3.8) is 0 Å². The maximum absolute atomic E-state index is 4.69. The zero-order valence-electron chi connectivity index (χ0n) is 17.2. The van der Waals surface area contributed by atoms with Crippen LogP contribution in [0.5, 0.6) is 0 Å². The molecule has 0 saturated carbocycles. The second-order valence-corrected chi connectivity index (χ2v) is 7.08. The third-order valence-corrected chi connectivity index (χ3v) is 4.97. The molecule has 0 aliphatic rings. The molecule has 0 atom stereocenters. The number of benzene rings is 2. The Kier molecular flexibility index (Phi) is 4.97. The molecule has 0 aliphatic carbocycles. The number of aromatic nitrogens is 7. The van der Waals surface area contributed by atoms with Gasteiger partial charge in [-0.2, -0.15) is 10.2 Å². The third-order valence-electron chi connectivity index (χ3n) is 4.97. The maximum Gasteiger partial charge on any atom is 0.181 e. The molecule has 7 nitrogen and oxygen atoms in total. The Labute approximate surface area is 184 Å². The molecule has 3 heterocycles. The van der Waals surface area contributed by atoms with Crippen LogP contribution in [-0.2, 0) is 0 Å². The number of pyridine rings is 1. The normalized spacial score (nSPS) is 10.8. The highest BCUT2D eigenvalue weighted by Gasteiger charge is 2.13. The van der Waals surface area contributed by atoms with Crippen molar-refractivity contribution in [2.75, 3.05) is 0 Å². The second kappa shape index (κ2) is 8.23. The molecule has 0 aliphatic heterocycles. The van der Waals surface area contributed by atoms with E-state index < -0.39 is 0 Å². The summed E-state index contributed by atoms with van der Waals surface area (Å²) in [6, 6.07) is 21.4. The third kappa shape index (κ3) is 3.75. The van der Waals surface area contributed by atoms with Crippen molar-refractivity contribution in [1.29, 1.82) is 0 Å². The topological polar surface area (TPSA) is 96.0 Å². The molecule has 0 unspecified atom stereocenters. The molecule has 154 valence electrons. The van der Waals surface area contributed by atoms with Gasteiger partial charge < -0.3 is 0 Å². The lowest BCUT2D eigenvalue weighted by Crippen LogP contribution is -1.91. The van der Waals surface area contributed by atoms with Gasteiger partial charge in [0.2, 0.25) is 0 Å². The van der Waals surface area contributed by atoms with Gasteiger partial charge in [0.15, 0.2) is 23.3 Å². The van der Waals surface area contributed by atoms with Crippen LogP contribution in [0, 0.1) is 0 Å². The monoisotopic (exact) mass is 417 g/mol. The van der Waals surface area contributed by atoms with Crippen molar-refractivity contribution in [3.8, 4) is 45.8 Å². The van der Waals surface area contributed by atoms with Crippen LogP contribution >= 0.6 is 0 Å². The molecule has 0 spiro atoms. The number of hydrogen-bond donors (Lipinski definition) is 2. The molecule has 3 aromatic heterocycles. The largest absolute Gasteiger partial charge is 0.257 e. The average molecular weight is 417 g/mol. The number of nitrogens with zero attached hydrogens (tertiary/aromatic N) is 5.